The Kier molecular flexibility index (Phi) is 3.14. The summed E-state index contributed by atoms with van der Waals surface area (Å²) in [6.07, 6.45) is -0.0273. The molecule has 0 aliphatic carbocycles. The van der Waals surface area contributed by atoms with Gasteiger partial charge in [-0.15, -0.1) is 10.2 Å². The van der Waals surface area contributed by atoms with Gasteiger partial charge in [0.15, 0.2) is 0 Å². The fraction of sp³-hybridized carbons (Fsp3) is 0.455. The number of hydrogen-bond donors (Lipinski definition) is 1. The van der Waals surface area contributed by atoms with Crippen LogP contribution in [0.3, 0.4) is 0 Å². The molecule has 7 nitrogen and oxygen atoms in total. The molecule has 7 heteroatoms. The fourth-order valence-corrected chi connectivity index (χ4v) is 1.82. The van der Waals surface area contributed by atoms with Crippen LogP contribution in [0.4, 0.5) is 0 Å². The van der Waals surface area contributed by atoms with Crippen LogP contribution in [0.15, 0.2) is 4.42 Å². The van der Waals surface area contributed by atoms with Gasteiger partial charge in [-0.05, 0) is 13.8 Å². The van der Waals surface area contributed by atoms with Crippen LogP contribution in [0.2, 0.25) is 0 Å². The summed E-state index contributed by atoms with van der Waals surface area (Å²) in [5, 5.41) is 20.8. The lowest BCUT2D eigenvalue weighted by molar-refractivity contribution is -0.136. The van der Waals surface area contributed by atoms with E-state index in [1.54, 1.807) is 18.5 Å². The van der Waals surface area contributed by atoms with Gasteiger partial charge in [-0.3, -0.25) is 9.48 Å². The molecule has 0 atom stereocenters. The van der Waals surface area contributed by atoms with Crippen LogP contribution in [-0.4, -0.2) is 31.1 Å². The van der Waals surface area contributed by atoms with E-state index in [1.165, 1.54) is 0 Å². The molecule has 0 aromatic carbocycles. The van der Waals surface area contributed by atoms with Gasteiger partial charge in [0.1, 0.15) is 6.54 Å². The molecule has 18 heavy (non-hydrogen) atoms. The van der Waals surface area contributed by atoms with Gasteiger partial charge < -0.3 is 9.52 Å². The lowest BCUT2D eigenvalue weighted by atomic mass is 10.1. The van der Waals surface area contributed by atoms with E-state index in [1.807, 2.05) is 6.92 Å². The first-order valence-electron chi connectivity index (χ1n) is 5.51. The molecule has 2 heterocycles. The highest BCUT2D eigenvalue weighted by molar-refractivity contribution is 5.70. The second-order valence-corrected chi connectivity index (χ2v) is 4.09. The maximum absolute atomic E-state index is 10.8. The van der Waals surface area contributed by atoms with Crippen LogP contribution in [0.5, 0.6) is 0 Å². The average Bonchev–Trinajstić information content (AvgIpc) is 2.78. The molecule has 0 spiro atoms. The van der Waals surface area contributed by atoms with E-state index in [9.17, 15) is 4.79 Å². The highest BCUT2D eigenvalue weighted by atomic mass is 16.4. The Balaban J connectivity index is 2.26. The highest BCUT2D eigenvalue weighted by Crippen LogP contribution is 2.15. The Morgan fingerprint density at radius 3 is 2.61 bits per heavy atom. The van der Waals surface area contributed by atoms with Crippen molar-refractivity contribution in [2.45, 2.75) is 33.7 Å². The van der Waals surface area contributed by atoms with Crippen LogP contribution in [-0.2, 0) is 17.8 Å². The van der Waals surface area contributed by atoms with Crippen molar-refractivity contribution in [2.24, 2.45) is 0 Å². The van der Waals surface area contributed by atoms with Crippen molar-refractivity contribution in [3.05, 3.63) is 28.7 Å². The first-order valence-corrected chi connectivity index (χ1v) is 5.51. The van der Waals surface area contributed by atoms with Crippen molar-refractivity contribution in [2.75, 3.05) is 0 Å². The molecule has 96 valence electrons. The van der Waals surface area contributed by atoms with Crippen molar-refractivity contribution >= 4 is 5.97 Å². The lowest BCUT2D eigenvalue weighted by Gasteiger charge is -2.01. The van der Waals surface area contributed by atoms with Crippen molar-refractivity contribution in [1.29, 1.82) is 0 Å². The first-order chi connectivity index (χ1) is 8.47. The zero-order chi connectivity index (χ0) is 13.3. The zero-order valence-corrected chi connectivity index (χ0v) is 10.5. The number of hydrogen-bond acceptors (Lipinski definition) is 5. The molecule has 0 aliphatic heterocycles. The summed E-state index contributed by atoms with van der Waals surface area (Å²) in [7, 11) is 0. The highest BCUT2D eigenvalue weighted by Gasteiger charge is 2.15. The minimum atomic E-state index is -0.866. The van der Waals surface area contributed by atoms with Crippen LogP contribution in [0.25, 0.3) is 0 Å². The van der Waals surface area contributed by atoms with E-state index in [4.69, 9.17) is 9.52 Å². The molecule has 2 aromatic heterocycles. The standard InChI is InChI=1S/C11H14N4O3/c1-6-9(4-11(16)17)7(2)15(14-6)5-10-13-12-8(3)18-10/h4-5H2,1-3H3,(H,16,17). The van der Waals surface area contributed by atoms with E-state index in [-0.39, 0.29) is 6.42 Å². The van der Waals surface area contributed by atoms with Crippen LogP contribution in [0, 0.1) is 20.8 Å². The molecular formula is C11H14N4O3. The van der Waals surface area contributed by atoms with Gasteiger partial charge in [-0.2, -0.15) is 5.10 Å². The Morgan fingerprint density at radius 2 is 2.06 bits per heavy atom. The summed E-state index contributed by atoms with van der Waals surface area (Å²) < 4.78 is 6.95. The molecule has 0 unspecified atom stereocenters. The lowest BCUT2D eigenvalue weighted by Crippen LogP contribution is -2.06. The zero-order valence-electron chi connectivity index (χ0n) is 10.5. The van der Waals surface area contributed by atoms with Gasteiger partial charge >= 0.3 is 5.97 Å². The molecule has 2 aromatic rings. The molecule has 0 radical (unpaired) electrons. The van der Waals surface area contributed by atoms with Crippen molar-refractivity contribution < 1.29 is 14.3 Å². The van der Waals surface area contributed by atoms with E-state index >= 15 is 0 Å². The third-order valence-corrected chi connectivity index (χ3v) is 2.71. The fourth-order valence-electron chi connectivity index (χ4n) is 1.82. The number of carboxylic acids is 1. The average molecular weight is 250 g/mol. The van der Waals surface area contributed by atoms with Gasteiger partial charge in [-0.1, -0.05) is 0 Å². The molecule has 0 amide bonds. The molecule has 0 bridgehead atoms. The van der Waals surface area contributed by atoms with Crippen LogP contribution >= 0.6 is 0 Å². The normalized spacial score (nSPS) is 10.8. The summed E-state index contributed by atoms with van der Waals surface area (Å²) in [5.41, 5.74) is 2.26. The molecule has 0 saturated carbocycles. The van der Waals surface area contributed by atoms with Gasteiger partial charge in [0.2, 0.25) is 11.8 Å². The predicted molar refractivity (Wildman–Crippen MR) is 61.2 cm³/mol. The first kappa shape index (κ1) is 12.3. The van der Waals surface area contributed by atoms with Gasteiger partial charge in [0.05, 0.1) is 12.1 Å². The van der Waals surface area contributed by atoms with Crippen molar-refractivity contribution in [3.63, 3.8) is 0 Å². The number of aromatic nitrogens is 4. The number of aliphatic carboxylic acids is 1. The monoisotopic (exact) mass is 250 g/mol. The summed E-state index contributed by atoms with van der Waals surface area (Å²) in [4.78, 5) is 10.8. The van der Waals surface area contributed by atoms with Crippen molar-refractivity contribution in [3.8, 4) is 0 Å². The van der Waals surface area contributed by atoms with Crippen LogP contribution < -0.4 is 0 Å². The predicted octanol–water partition coefficient (Wildman–Crippen LogP) is 0.867. The SMILES string of the molecule is Cc1nnc(Cn2nc(C)c(CC(=O)O)c2C)o1. The van der Waals surface area contributed by atoms with E-state index in [0.717, 1.165) is 11.3 Å². The molecule has 1 N–H and O–H groups in total. The number of aryl methyl sites for hydroxylation is 2. The maximum Gasteiger partial charge on any atom is 0.307 e. The van der Waals surface area contributed by atoms with E-state index in [2.05, 4.69) is 15.3 Å². The van der Waals surface area contributed by atoms with Crippen molar-refractivity contribution in [1.82, 2.24) is 20.0 Å². The molecule has 0 aliphatic rings. The second-order valence-electron chi connectivity index (χ2n) is 4.09. The third kappa shape index (κ3) is 2.39. The van der Waals surface area contributed by atoms with E-state index in [0.29, 0.717) is 24.0 Å². The second kappa shape index (κ2) is 4.59. The topological polar surface area (TPSA) is 94.0 Å². The molecule has 0 saturated heterocycles. The molecule has 0 fully saturated rings. The van der Waals surface area contributed by atoms with Gasteiger partial charge in [0, 0.05) is 18.2 Å². The van der Waals surface area contributed by atoms with E-state index < -0.39 is 5.97 Å². The minimum absolute atomic E-state index is 0.0273. The Bertz CT molecular complexity index is 585. The number of carbonyl (C=O) groups is 1. The number of nitrogens with zero attached hydrogens (tertiary/aromatic N) is 4. The Morgan fingerprint density at radius 1 is 1.33 bits per heavy atom. The molecular weight excluding hydrogens is 236 g/mol. The summed E-state index contributed by atoms with van der Waals surface area (Å²) in [5.74, 6) is 0.0895. The van der Waals surface area contributed by atoms with Gasteiger partial charge in [0.25, 0.3) is 0 Å². The maximum atomic E-state index is 10.8. The number of carboxylic acid groups (broad SMARTS) is 1. The smallest absolute Gasteiger partial charge is 0.307 e. The van der Waals surface area contributed by atoms with Gasteiger partial charge in [-0.25, -0.2) is 0 Å². The van der Waals surface area contributed by atoms with Crippen LogP contribution in [0.1, 0.15) is 28.7 Å². The molecule has 2 rings (SSSR count). The summed E-state index contributed by atoms with van der Waals surface area (Å²) in [6, 6.07) is 0. The third-order valence-electron chi connectivity index (χ3n) is 2.71. The quantitative estimate of drug-likeness (QED) is 0.865. The minimum Gasteiger partial charge on any atom is -0.481 e. The Hall–Kier alpha value is -2.18. The number of rotatable bonds is 4. The summed E-state index contributed by atoms with van der Waals surface area (Å²) >= 11 is 0. The largest absolute Gasteiger partial charge is 0.481 e. The Labute approximate surface area is 103 Å². The summed E-state index contributed by atoms with van der Waals surface area (Å²) in [6.45, 7) is 5.70.